The molecule has 1 heterocycles. The lowest BCUT2D eigenvalue weighted by atomic mass is 10.1. The summed E-state index contributed by atoms with van der Waals surface area (Å²) in [6.45, 7) is 4.02. The van der Waals surface area contributed by atoms with Crippen molar-refractivity contribution >= 4 is 10.0 Å². The summed E-state index contributed by atoms with van der Waals surface area (Å²) in [5.74, 6) is 0. The van der Waals surface area contributed by atoms with Gasteiger partial charge in [-0.25, -0.2) is 13.1 Å². The summed E-state index contributed by atoms with van der Waals surface area (Å²) in [6, 6.07) is 5.88. The van der Waals surface area contributed by atoms with Crippen LogP contribution in [0, 0.1) is 6.92 Å². The van der Waals surface area contributed by atoms with E-state index in [1.165, 1.54) is 0 Å². The monoisotopic (exact) mass is 311 g/mol. The van der Waals surface area contributed by atoms with Crippen LogP contribution in [0.4, 0.5) is 0 Å². The predicted molar refractivity (Wildman–Crippen MR) is 84.8 cm³/mol. The van der Waals surface area contributed by atoms with E-state index in [4.69, 9.17) is 0 Å². The molecule has 6 heteroatoms. The largest absolute Gasteiger partial charge is 0.316 e. The Morgan fingerprint density at radius 3 is 2.76 bits per heavy atom. The minimum atomic E-state index is -3.45. The van der Waals surface area contributed by atoms with Crippen LogP contribution in [0.25, 0.3) is 0 Å². The van der Waals surface area contributed by atoms with Crippen LogP contribution in [0.1, 0.15) is 24.0 Å². The smallest absolute Gasteiger partial charge is 0.240 e. The van der Waals surface area contributed by atoms with Crippen LogP contribution in [-0.2, 0) is 16.6 Å². The summed E-state index contributed by atoms with van der Waals surface area (Å²) < 4.78 is 27.8. The van der Waals surface area contributed by atoms with Crippen LogP contribution < -0.4 is 10.0 Å². The minimum Gasteiger partial charge on any atom is -0.316 e. The lowest BCUT2D eigenvalue weighted by molar-refractivity contribution is 0.311. The first kappa shape index (κ1) is 16.4. The quantitative estimate of drug-likeness (QED) is 0.825. The van der Waals surface area contributed by atoms with E-state index in [1.54, 1.807) is 6.07 Å². The lowest BCUT2D eigenvalue weighted by Gasteiger charge is -2.20. The molecule has 0 aliphatic carbocycles. The fourth-order valence-corrected chi connectivity index (χ4v) is 4.13. The van der Waals surface area contributed by atoms with Gasteiger partial charge in [0, 0.05) is 19.1 Å². The molecule has 1 aliphatic heterocycles. The average molecular weight is 311 g/mol. The van der Waals surface area contributed by atoms with Gasteiger partial charge in [0.25, 0.3) is 0 Å². The summed E-state index contributed by atoms with van der Waals surface area (Å²) in [4.78, 5) is 2.60. The summed E-state index contributed by atoms with van der Waals surface area (Å²) in [6.07, 6.45) is 2.19. The van der Waals surface area contributed by atoms with Gasteiger partial charge in [0.15, 0.2) is 0 Å². The summed E-state index contributed by atoms with van der Waals surface area (Å²) in [5.41, 5.74) is 1.75. The second-order valence-electron chi connectivity index (χ2n) is 5.76. The molecule has 5 nitrogen and oxygen atoms in total. The van der Waals surface area contributed by atoms with Crippen LogP contribution in [0.15, 0.2) is 23.1 Å². The van der Waals surface area contributed by atoms with Crippen molar-refractivity contribution in [2.24, 2.45) is 0 Å². The first-order chi connectivity index (χ1) is 9.94. The number of sulfonamides is 1. The molecule has 1 saturated heterocycles. The van der Waals surface area contributed by atoms with Gasteiger partial charge in [0.2, 0.25) is 10.0 Å². The molecule has 0 aromatic heterocycles. The van der Waals surface area contributed by atoms with Crippen LogP contribution in [0.3, 0.4) is 0 Å². The highest BCUT2D eigenvalue weighted by Gasteiger charge is 2.24. The van der Waals surface area contributed by atoms with Gasteiger partial charge in [-0.15, -0.1) is 0 Å². The third-order valence-corrected chi connectivity index (χ3v) is 5.67. The highest BCUT2D eigenvalue weighted by Crippen LogP contribution is 2.19. The van der Waals surface area contributed by atoms with Crippen molar-refractivity contribution < 1.29 is 8.42 Å². The maximum absolute atomic E-state index is 12.5. The zero-order valence-corrected chi connectivity index (χ0v) is 13.8. The van der Waals surface area contributed by atoms with Crippen LogP contribution >= 0.6 is 0 Å². The Morgan fingerprint density at radius 1 is 1.38 bits per heavy atom. The molecular formula is C15H25N3O2S. The molecule has 21 heavy (non-hydrogen) atoms. The molecule has 2 N–H and O–H groups in total. The van der Waals surface area contributed by atoms with Gasteiger partial charge in [-0.2, -0.15) is 0 Å². The van der Waals surface area contributed by atoms with Crippen molar-refractivity contribution in [3.8, 4) is 0 Å². The second-order valence-corrected chi connectivity index (χ2v) is 7.49. The molecule has 0 amide bonds. The number of hydrogen-bond acceptors (Lipinski definition) is 4. The zero-order chi connectivity index (χ0) is 15.5. The van der Waals surface area contributed by atoms with E-state index in [1.807, 2.05) is 33.2 Å². The molecule has 1 unspecified atom stereocenters. The molecule has 1 atom stereocenters. The maximum atomic E-state index is 12.5. The van der Waals surface area contributed by atoms with E-state index >= 15 is 0 Å². The standard InChI is InChI=1S/C15H25N3O2S/c1-12-6-7-13(10-16-2)9-15(12)21(19,20)17-11-14-5-4-8-18(14)3/h6-7,9,14,16-17H,4-5,8,10-11H2,1-3H3. The first-order valence-corrected chi connectivity index (χ1v) is 8.86. The molecule has 0 spiro atoms. The molecule has 0 saturated carbocycles. The van der Waals surface area contributed by atoms with E-state index in [0.29, 0.717) is 24.0 Å². The lowest BCUT2D eigenvalue weighted by Crippen LogP contribution is -2.38. The Morgan fingerprint density at radius 2 is 2.14 bits per heavy atom. The summed E-state index contributed by atoms with van der Waals surface area (Å²) >= 11 is 0. The van der Waals surface area contributed by atoms with E-state index in [-0.39, 0.29) is 0 Å². The SMILES string of the molecule is CNCc1ccc(C)c(S(=O)(=O)NCC2CCCN2C)c1. The van der Waals surface area contributed by atoms with E-state index in [9.17, 15) is 8.42 Å². The van der Waals surface area contributed by atoms with Crippen molar-refractivity contribution in [2.45, 2.75) is 37.2 Å². The van der Waals surface area contributed by atoms with Gasteiger partial charge in [-0.3, -0.25) is 0 Å². The van der Waals surface area contributed by atoms with Crippen LogP contribution in [-0.4, -0.2) is 46.5 Å². The molecule has 0 radical (unpaired) electrons. The normalized spacial score (nSPS) is 20.0. The van der Waals surface area contributed by atoms with E-state index in [2.05, 4.69) is 14.9 Å². The van der Waals surface area contributed by atoms with Crippen molar-refractivity contribution in [3.05, 3.63) is 29.3 Å². The molecular weight excluding hydrogens is 286 g/mol. The third kappa shape index (κ3) is 4.03. The number of benzene rings is 1. The third-order valence-electron chi connectivity index (χ3n) is 4.10. The first-order valence-electron chi connectivity index (χ1n) is 7.38. The Balaban J connectivity index is 2.13. The molecule has 1 aromatic carbocycles. The highest BCUT2D eigenvalue weighted by molar-refractivity contribution is 7.89. The van der Waals surface area contributed by atoms with Crippen molar-refractivity contribution in [3.63, 3.8) is 0 Å². The van der Waals surface area contributed by atoms with Gasteiger partial charge in [0.1, 0.15) is 0 Å². The molecule has 1 aliphatic rings. The van der Waals surface area contributed by atoms with Gasteiger partial charge in [-0.1, -0.05) is 12.1 Å². The number of likely N-dealkylation sites (tertiary alicyclic amines) is 1. The molecule has 1 fully saturated rings. The molecule has 1 aromatic rings. The second kappa shape index (κ2) is 6.87. The summed E-state index contributed by atoms with van der Waals surface area (Å²) in [5, 5.41) is 3.04. The molecule has 2 rings (SSSR count). The number of likely N-dealkylation sites (N-methyl/N-ethyl adjacent to an activating group) is 1. The Kier molecular flexibility index (Phi) is 5.37. The molecule has 118 valence electrons. The topological polar surface area (TPSA) is 61.4 Å². The number of hydrogen-bond donors (Lipinski definition) is 2. The van der Waals surface area contributed by atoms with Crippen molar-refractivity contribution in [2.75, 3.05) is 27.2 Å². The van der Waals surface area contributed by atoms with Gasteiger partial charge in [0.05, 0.1) is 4.90 Å². The highest BCUT2D eigenvalue weighted by atomic mass is 32.2. The number of aryl methyl sites for hydroxylation is 1. The fraction of sp³-hybridized carbons (Fsp3) is 0.600. The minimum absolute atomic E-state index is 0.306. The van der Waals surface area contributed by atoms with E-state index in [0.717, 1.165) is 30.5 Å². The Labute approximate surface area is 127 Å². The van der Waals surface area contributed by atoms with Crippen molar-refractivity contribution in [1.82, 2.24) is 14.9 Å². The maximum Gasteiger partial charge on any atom is 0.240 e. The number of rotatable bonds is 6. The van der Waals surface area contributed by atoms with Gasteiger partial charge < -0.3 is 10.2 Å². The Bertz CT molecular complexity index is 587. The number of nitrogens with zero attached hydrogens (tertiary/aromatic N) is 1. The average Bonchev–Trinajstić information content (AvgIpc) is 2.84. The van der Waals surface area contributed by atoms with Gasteiger partial charge >= 0.3 is 0 Å². The fourth-order valence-electron chi connectivity index (χ4n) is 2.77. The summed E-state index contributed by atoms with van der Waals surface area (Å²) in [7, 11) is 0.449. The molecule has 0 bridgehead atoms. The Hall–Kier alpha value is -0.950. The van der Waals surface area contributed by atoms with Crippen LogP contribution in [0.5, 0.6) is 0 Å². The van der Waals surface area contributed by atoms with Crippen molar-refractivity contribution in [1.29, 1.82) is 0 Å². The van der Waals surface area contributed by atoms with Gasteiger partial charge in [-0.05, 0) is 57.6 Å². The predicted octanol–water partition coefficient (Wildman–Crippen LogP) is 1.09. The van der Waals surface area contributed by atoms with E-state index < -0.39 is 10.0 Å². The number of nitrogens with one attached hydrogen (secondary N) is 2. The zero-order valence-electron chi connectivity index (χ0n) is 13.0. The van der Waals surface area contributed by atoms with Crippen LogP contribution in [0.2, 0.25) is 0 Å².